The zero-order valence-corrected chi connectivity index (χ0v) is 13.7. The molecule has 0 unspecified atom stereocenters. The molecule has 0 aliphatic carbocycles. The summed E-state index contributed by atoms with van der Waals surface area (Å²) in [5, 5.41) is 9.88. The van der Waals surface area contributed by atoms with Gasteiger partial charge in [-0.05, 0) is 19.4 Å². The molecule has 1 N–H and O–H groups in total. The molecule has 1 atom stereocenters. The third kappa shape index (κ3) is 4.53. The number of carbonyl (C=O) groups excluding carboxylic acids is 1. The number of piperazine rings is 1. The van der Waals surface area contributed by atoms with Crippen LogP contribution in [0.3, 0.4) is 0 Å². The molecular formula is C17H26N2O3. The molecule has 1 heterocycles. The number of aliphatic hydroxyl groups is 1. The molecule has 22 heavy (non-hydrogen) atoms. The number of hydrogen-bond donors (Lipinski definition) is 1. The Morgan fingerprint density at radius 2 is 1.82 bits per heavy atom. The summed E-state index contributed by atoms with van der Waals surface area (Å²) in [6.07, 6.45) is -0.540. The van der Waals surface area contributed by atoms with Crippen LogP contribution in [0.1, 0.15) is 25.5 Å². The summed E-state index contributed by atoms with van der Waals surface area (Å²) in [6.45, 7) is 7.13. The zero-order chi connectivity index (χ0) is 16.2. The lowest BCUT2D eigenvalue weighted by Gasteiger charge is -2.38. The molecule has 1 aromatic rings. The Labute approximate surface area is 132 Å². The summed E-state index contributed by atoms with van der Waals surface area (Å²) >= 11 is 0. The van der Waals surface area contributed by atoms with Gasteiger partial charge in [0.2, 0.25) is 0 Å². The molecule has 2 rings (SSSR count). The molecule has 1 aromatic carbocycles. The number of β-amino-alcohol motifs (C(OH)–C–C–N with tert-alkyl or cyclic N) is 1. The summed E-state index contributed by atoms with van der Waals surface area (Å²) in [5.74, 6) is 0.0107. The lowest BCUT2D eigenvalue weighted by atomic mass is 10.1. The van der Waals surface area contributed by atoms with E-state index in [-0.39, 0.29) is 5.91 Å². The highest BCUT2D eigenvalue weighted by Gasteiger charge is 2.29. The second kappa shape index (κ2) is 7.22. The van der Waals surface area contributed by atoms with E-state index in [1.807, 2.05) is 35.2 Å². The van der Waals surface area contributed by atoms with Crippen LogP contribution in [-0.4, -0.2) is 66.2 Å². The van der Waals surface area contributed by atoms with Gasteiger partial charge < -0.3 is 14.7 Å². The van der Waals surface area contributed by atoms with Gasteiger partial charge in [-0.3, -0.25) is 9.69 Å². The minimum absolute atomic E-state index is 0.0107. The van der Waals surface area contributed by atoms with E-state index in [9.17, 15) is 9.90 Å². The van der Waals surface area contributed by atoms with E-state index < -0.39 is 11.7 Å². The largest absolute Gasteiger partial charge is 0.389 e. The van der Waals surface area contributed by atoms with E-state index in [1.54, 1.807) is 21.0 Å². The number of hydrogen-bond acceptors (Lipinski definition) is 4. The Morgan fingerprint density at radius 1 is 1.23 bits per heavy atom. The van der Waals surface area contributed by atoms with Gasteiger partial charge in [0.25, 0.3) is 5.91 Å². The number of ether oxygens (including phenoxy) is 1. The fourth-order valence-electron chi connectivity index (χ4n) is 2.85. The third-order valence-corrected chi connectivity index (χ3v) is 3.86. The first-order valence-electron chi connectivity index (χ1n) is 7.72. The average molecular weight is 306 g/mol. The summed E-state index contributed by atoms with van der Waals surface area (Å²) in [6, 6.07) is 9.58. The van der Waals surface area contributed by atoms with Crippen molar-refractivity contribution in [1.29, 1.82) is 0 Å². The van der Waals surface area contributed by atoms with Gasteiger partial charge in [0.15, 0.2) is 6.10 Å². The van der Waals surface area contributed by atoms with Gasteiger partial charge in [0.1, 0.15) is 0 Å². The van der Waals surface area contributed by atoms with Crippen LogP contribution >= 0.6 is 0 Å². The Morgan fingerprint density at radius 3 is 2.32 bits per heavy atom. The molecule has 1 amide bonds. The molecule has 1 fully saturated rings. The summed E-state index contributed by atoms with van der Waals surface area (Å²) in [7, 11) is 1.57. The topological polar surface area (TPSA) is 53.0 Å². The van der Waals surface area contributed by atoms with Crippen molar-refractivity contribution in [3.05, 3.63) is 35.9 Å². The molecule has 1 aliphatic heterocycles. The Bertz CT molecular complexity index is 476. The van der Waals surface area contributed by atoms with Crippen LogP contribution in [0.2, 0.25) is 0 Å². The maximum Gasteiger partial charge on any atom is 0.256 e. The highest BCUT2D eigenvalue weighted by atomic mass is 16.5. The van der Waals surface area contributed by atoms with Crippen molar-refractivity contribution in [2.75, 3.05) is 39.8 Å². The molecular weight excluding hydrogens is 280 g/mol. The molecule has 0 radical (unpaired) electrons. The normalized spacial score (nSPS) is 18.3. The minimum Gasteiger partial charge on any atom is -0.389 e. The lowest BCUT2D eigenvalue weighted by molar-refractivity contribution is -0.144. The first-order valence-corrected chi connectivity index (χ1v) is 7.72. The Hall–Kier alpha value is -1.43. The SMILES string of the molecule is CO[C@H](C(=O)N1CCN(CC(C)(C)O)CC1)c1ccccc1. The number of benzene rings is 1. The number of methoxy groups -OCH3 is 1. The second-order valence-corrected chi connectivity index (χ2v) is 6.44. The predicted octanol–water partition coefficient (Wildman–Crippen LogP) is 1.29. The number of carbonyl (C=O) groups is 1. The van der Waals surface area contributed by atoms with Crippen molar-refractivity contribution in [3.8, 4) is 0 Å². The van der Waals surface area contributed by atoms with Crippen molar-refractivity contribution < 1.29 is 14.6 Å². The summed E-state index contributed by atoms with van der Waals surface area (Å²) in [5.41, 5.74) is 0.180. The molecule has 0 saturated carbocycles. The molecule has 0 aromatic heterocycles. The maximum absolute atomic E-state index is 12.7. The van der Waals surface area contributed by atoms with Crippen LogP contribution in [-0.2, 0) is 9.53 Å². The maximum atomic E-state index is 12.7. The lowest BCUT2D eigenvalue weighted by Crippen LogP contribution is -2.52. The van der Waals surface area contributed by atoms with Crippen molar-refractivity contribution in [3.63, 3.8) is 0 Å². The van der Waals surface area contributed by atoms with Crippen molar-refractivity contribution in [2.24, 2.45) is 0 Å². The second-order valence-electron chi connectivity index (χ2n) is 6.44. The Balaban J connectivity index is 1.94. The van der Waals surface area contributed by atoms with E-state index in [0.29, 0.717) is 19.6 Å². The van der Waals surface area contributed by atoms with Crippen molar-refractivity contribution in [1.82, 2.24) is 9.80 Å². The van der Waals surface area contributed by atoms with Crippen LogP contribution in [0.5, 0.6) is 0 Å². The highest BCUT2D eigenvalue weighted by molar-refractivity contribution is 5.82. The zero-order valence-electron chi connectivity index (χ0n) is 13.7. The smallest absolute Gasteiger partial charge is 0.256 e. The van der Waals surface area contributed by atoms with E-state index in [0.717, 1.165) is 18.7 Å². The quantitative estimate of drug-likeness (QED) is 0.890. The van der Waals surface area contributed by atoms with E-state index in [1.165, 1.54) is 0 Å². The first kappa shape index (κ1) is 16.9. The average Bonchev–Trinajstić information content (AvgIpc) is 2.48. The highest BCUT2D eigenvalue weighted by Crippen LogP contribution is 2.20. The van der Waals surface area contributed by atoms with E-state index in [4.69, 9.17) is 4.74 Å². The fourth-order valence-corrected chi connectivity index (χ4v) is 2.85. The number of nitrogens with zero attached hydrogens (tertiary/aromatic N) is 2. The van der Waals surface area contributed by atoms with Gasteiger partial charge in [0, 0.05) is 39.8 Å². The van der Waals surface area contributed by atoms with Crippen LogP contribution in [0, 0.1) is 0 Å². The van der Waals surface area contributed by atoms with Crippen molar-refractivity contribution in [2.45, 2.75) is 25.6 Å². The van der Waals surface area contributed by atoms with E-state index in [2.05, 4.69) is 4.90 Å². The first-order chi connectivity index (χ1) is 10.4. The van der Waals surface area contributed by atoms with Crippen LogP contribution < -0.4 is 0 Å². The molecule has 0 bridgehead atoms. The molecule has 0 spiro atoms. The summed E-state index contributed by atoms with van der Waals surface area (Å²) < 4.78 is 5.41. The fraction of sp³-hybridized carbons (Fsp3) is 0.588. The molecule has 5 nitrogen and oxygen atoms in total. The molecule has 5 heteroatoms. The molecule has 1 saturated heterocycles. The van der Waals surface area contributed by atoms with Gasteiger partial charge in [-0.1, -0.05) is 30.3 Å². The van der Waals surface area contributed by atoms with Crippen LogP contribution in [0.15, 0.2) is 30.3 Å². The van der Waals surface area contributed by atoms with Crippen LogP contribution in [0.4, 0.5) is 0 Å². The number of amides is 1. The van der Waals surface area contributed by atoms with Crippen molar-refractivity contribution >= 4 is 5.91 Å². The third-order valence-electron chi connectivity index (χ3n) is 3.86. The minimum atomic E-state index is -0.703. The van der Waals surface area contributed by atoms with E-state index >= 15 is 0 Å². The predicted molar refractivity (Wildman–Crippen MR) is 85.5 cm³/mol. The van der Waals surface area contributed by atoms with Gasteiger partial charge in [-0.15, -0.1) is 0 Å². The van der Waals surface area contributed by atoms with Gasteiger partial charge in [-0.2, -0.15) is 0 Å². The number of rotatable bonds is 5. The van der Waals surface area contributed by atoms with Gasteiger partial charge >= 0.3 is 0 Å². The molecule has 1 aliphatic rings. The van der Waals surface area contributed by atoms with Gasteiger partial charge in [0.05, 0.1) is 5.60 Å². The van der Waals surface area contributed by atoms with Crippen LogP contribution in [0.25, 0.3) is 0 Å². The standard InChI is InChI=1S/C17H26N2O3/c1-17(2,21)13-18-9-11-19(12-10-18)16(20)15(22-3)14-7-5-4-6-8-14/h4-8,15,21H,9-13H2,1-3H3/t15-/m0/s1. The Kier molecular flexibility index (Phi) is 5.56. The summed E-state index contributed by atoms with van der Waals surface area (Å²) in [4.78, 5) is 16.7. The monoisotopic (exact) mass is 306 g/mol. The van der Waals surface area contributed by atoms with Gasteiger partial charge in [-0.25, -0.2) is 0 Å². The molecule has 122 valence electrons.